The van der Waals surface area contributed by atoms with Gasteiger partial charge in [0.05, 0.1) is 27.2 Å². The second-order valence-corrected chi connectivity index (χ2v) is 12.2. The number of nitrogens with one attached hydrogen (secondary N) is 1. The van der Waals surface area contributed by atoms with Gasteiger partial charge in [0.1, 0.15) is 18.3 Å². The Morgan fingerprint density at radius 1 is 0.951 bits per heavy atom. The molecule has 3 aromatic carbocycles. The molecule has 0 aromatic heterocycles. The maximum Gasteiger partial charge on any atom is 0.264 e. The van der Waals surface area contributed by atoms with Crippen LogP contribution in [0.4, 0.5) is 5.69 Å². The third kappa shape index (κ3) is 8.29. The highest BCUT2D eigenvalue weighted by molar-refractivity contribution is 7.92. The van der Waals surface area contributed by atoms with Crippen LogP contribution in [0.25, 0.3) is 0 Å². The Bertz CT molecular complexity index is 1470. The number of para-hydroxylation sites is 2. The summed E-state index contributed by atoms with van der Waals surface area (Å²) in [6.07, 6.45) is 0.709. The maximum atomic E-state index is 14.0. The molecule has 0 aliphatic carbocycles. The summed E-state index contributed by atoms with van der Waals surface area (Å²) in [6.45, 7) is 5.36. The number of sulfonamides is 1. The maximum absolute atomic E-state index is 14.0. The number of amides is 2. The fourth-order valence-corrected chi connectivity index (χ4v) is 5.87. The Balaban J connectivity index is 2.08. The standard InChI is InChI=1S/C29H32Cl3N3O5S/c1-4-16-33-29(37)20(3)34(18-21-10-15-24(31)25(32)17-21)28(36)19-35(26-8-6-7-9-27(26)40-5-2)41(38,39)23-13-11-22(30)12-14-23/h6-15,17,20H,4-5,16,18-19H2,1-3H3,(H,33,37)/t20-/m0/s1. The SMILES string of the molecule is CCCNC(=O)[C@H](C)N(Cc1ccc(Cl)c(Cl)c1)C(=O)CN(c1ccccc1OCC)S(=O)(=O)c1ccc(Cl)cc1. The van der Waals surface area contributed by atoms with Gasteiger partial charge in [-0.3, -0.25) is 13.9 Å². The predicted molar refractivity (Wildman–Crippen MR) is 163 cm³/mol. The van der Waals surface area contributed by atoms with Crippen molar-refractivity contribution in [1.29, 1.82) is 0 Å². The summed E-state index contributed by atoms with van der Waals surface area (Å²) in [5.74, 6) is -0.703. The molecule has 8 nitrogen and oxygen atoms in total. The van der Waals surface area contributed by atoms with Gasteiger partial charge in [-0.15, -0.1) is 0 Å². The molecule has 0 spiro atoms. The summed E-state index contributed by atoms with van der Waals surface area (Å²) in [5, 5.41) is 3.80. The molecule has 2 amide bonds. The quantitative estimate of drug-likeness (QED) is 0.241. The van der Waals surface area contributed by atoms with Gasteiger partial charge in [-0.2, -0.15) is 0 Å². The Morgan fingerprint density at radius 3 is 2.27 bits per heavy atom. The Labute approximate surface area is 256 Å². The van der Waals surface area contributed by atoms with E-state index in [1.807, 2.05) is 6.92 Å². The molecular formula is C29H32Cl3N3O5S. The molecule has 0 saturated heterocycles. The van der Waals surface area contributed by atoms with Crippen LogP contribution < -0.4 is 14.4 Å². The molecule has 41 heavy (non-hydrogen) atoms. The number of hydrogen-bond donors (Lipinski definition) is 1. The molecule has 0 unspecified atom stereocenters. The molecule has 220 valence electrons. The molecule has 0 fully saturated rings. The van der Waals surface area contributed by atoms with Crippen molar-refractivity contribution in [2.45, 2.75) is 44.7 Å². The molecule has 0 aliphatic rings. The van der Waals surface area contributed by atoms with Crippen LogP contribution in [0.5, 0.6) is 5.75 Å². The topological polar surface area (TPSA) is 96.0 Å². The minimum absolute atomic E-state index is 0.0155. The molecule has 3 aromatic rings. The van der Waals surface area contributed by atoms with Crippen molar-refractivity contribution in [3.8, 4) is 5.75 Å². The lowest BCUT2D eigenvalue weighted by molar-refractivity contribution is -0.139. The van der Waals surface area contributed by atoms with E-state index in [1.165, 1.54) is 29.2 Å². The number of ether oxygens (including phenoxy) is 1. The normalized spacial score (nSPS) is 12.0. The van der Waals surface area contributed by atoms with E-state index in [9.17, 15) is 18.0 Å². The van der Waals surface area contributed by atoms with Crippen molar-refractivity contribution in [3.63, 3.8) is 0 Å². The van der Waals surface area contributed by atoms with Crippen LogP contribution in [-0.2, 0) is 26.2 Å². The first kappa shape index (κ1) is 32.5. The summed E-state index contributed by atoms with van der Waals surface area (Å²) in [4.78, 5) is 28.3. The van der Waals surface area contributed by atoms with Crippen LogP contribution >= 0.6 is 34.8 Å². The molecular weight excluding hydrogens is 609 g/mol. The van der Waals surface area contributed by atoms with E-state index in [0.717, 1.165) is 4.31 Å². The third-order valence-electron chi connectivity index (χ3n) is 6.17. The number of halogens is 3. The van der Waals surface area contributed by atoms with E-state index >= 15 is 0 Å². The summed E-state index contributed by atoms with van der Waals surface area (Å²) >= 11 is 18.3. The number of carbonyl (C=O) groups excluding carboxylic acids is 2. The van der Waals surface area contributed by atoms with E-state index in [1.54, 1.807) is 56.3 Å². The minimum atomic E-state index is -4.28. The van der Waals surface area contributed by atoms with Gasteiger partial charge in [0, 0.05) is 18.1 Å². The molecule has 1 N–H and O–H groups in total. The predicted octanol–water partition coefficient (Wildman–Crippen LogP) is 6.18. The van der Waals surface area contributed by atoms with Crippen LogP contribution in [0, 0.1) is 0 Å². The van der Waals surface area contributed by atoms with Crippen LogP contribution in [0.2, 0.25) is 15.1 Å². The molecule has 0 bridgehead atoms. The van der Waals surface area contributed by atoms with Gasteiger partial charge in [0.2, 0.25) is 11.8 Å². The zero-order valence-corrected chi connectivity index (χ0v) is 26.0. The van der Waals surface area contributed by atoms with Crippen molar-refractivity contribution >= 4 is 62.3 Å². The monoisotopic (exact) mass is 639 g/mol. The van der Waals surface area contributed by atoms with Crippen LogP contribution in [0.15, 0.2) is 71.6 Å². The zero-order chi connectivity index (χ0) is 30.2. The molecule has 0 saturated carbocycles. The fourth-order valence-electron chi connectivity index (χ4n) is 4.00. The highest BCUT2D eigenvalue weighted by atomic mass is 35.5. The van der Waals surface area contributed by atoms with Crippen molar-refractivity contribution < 1.29 is 22.7 Å². The second-order valence-electron chi connectivity index (χ2n) is 9.10. The van der Waals surface area contributed by atoms with E-state index in [4.69, 9.17) is 39.5 Å². The Morgan fingerprint density at radius 2 is 1.63 bits per heavy atom. The van der Waals surface area contributed by atoms with Gasteiger partial charge in [0.25, 0.3) is 10.0 Å². The van der Waals surface area contributed by atoms with Gasteiger partial charge >= 0.3 is 0 Å². The fraction of sp³-hybridized carbons (Fsp3) is 0.310. The Kier molecular flexibility index (Phi) is 11.7. The molecule has 0 heterocycles. The third-order valence-corrected chi connectivity index (χ3v) is 8.93. The van der Waals surface area contributed by atoms with Crippen LogP contribution in [0.1, 0.15) is 32.8 Å². The first-order valence-corrected chi connectivity index (χ1v) is 15.6. The number of nitrogens with zero attached hydrogens (tertiary/aromatic N) is 2. The number of rotatable bonds is 13. The van der Waals surface area contributed by atoms with Gasteiger partial charge in [-0.05, 0) is 74.4 Å². The average molecular weight is 641 g/mol. The second kappa shape index (κ2) is 14.8. The zero-order valence-electron chi connectivity index (χ0n) is 22.9. The average Bonchev–Trinajstić information content (AvgIpc) is 2.95. The highest BCUT2D eigenvalue weighted by Gasteiger charge is 2.33. The van der Waals surface area contributed by atoms with Crippen molar-refractivity contribution in [2.75, 3.05) is 24.0 Å². The molecule has 3 rings (SSSR count). The van der Waals surface area contributed by atoms with Crippen LogP contribution in [0.3, 0.4) is 0 Å². The van der Waals surface area contributed by atoms with Crippen molar-refractivity contribution in [2.24, 2.45) is 0 Å². The smallest absolute Gasteiger partial charge is 0.264 e. The number of hydrogen-bond acceptors (Lipinski definition) is 5. The minimum Gasteiger partial charge on any atom is -0.492 e. The summed E-state index contributed by atoms with van der Waals surface area (Å²) < 4.78 is 34.7. The van der Waals surface area contributed by atoms with Crippen LogP contribution in [-0.4, -0.2) is 50.9 Å². The van der Waals surface area contributed by atoms with Gasteiger partial charge in [0.15, 0.2) is 0 Å². The van der Waals surface area contributed by atoms with E-state index < -0.39 is 28.5 Å². The van der Waals surface area contributed by atoms with Gasteiger partial charge in [-0.1, -0.05) is 59.9 Å². The summed E-state index contributed by atoms with van der Waals surface area (Å²) in [7, 11) is -4.28. The van der Waals surface area contributed by atoms with Crippen molar-refractivity contribution in [1.82, 2.24) is 10.2 Å². The molecule has 1 atom stereocenters. The number of benzene rings is 3. The van der Waals surface area contributed by atoms with Gasteiger partial charge < -0.3 is 15.0 Å². The van der Waals surface area contributed by atoms with Gasteiger partial charge in [-0.25, -0.2) is 8.42 Å². The van der Waals surface area contributed by atoms with E-state index in [0.29, 0.717) is 28.6 Å². The number of carbonyl (C=O) groups is 2. The summed E-state index contributed by atoms with van der Waals surface area (Å²) in [5.41, 5.74) is 0.792. The van der Waals surface area contributed by atoms with E-state index in [-0.39, 0.29) is 40.4 Å². The lowest BCUT2D eigenvalue weighted by atomic mass is 10.1. The first-order valence-electron chi connectivity index (χ1n) is 13.0. The largest absolute Gasteiger partial charge is 0.492 e. The number of anilines is 1. The summed E-state index contributed by atoms with van der Waals surface area (Å²) in [6, 6.07) is 16.2. The molecule has 0 radical (unpaired) electrons. The highest BCUT2D eigenvalue weighted by Crippen LogP contribution is 2.33. The van der Waals surface area contributed by atoms with Crippen molar-refractivity contribution in [3.05, 3.63) is 87.4 Å². The van der Waals surface area contributed by atoms with E-state index in [2.05, 4.69) is 5.32 Å². The molecule has 12 heteroatoms. The first-order chi connectivity index (χ1) is 19.5. The Hall–Kier alpha value is -2.98. The lowest BCUT2D eigenvalue weighted by Crippen LogP contribution is -2.51. The molecule has 0 aliphatic heterocycles. The lowest BCUT2D eigenvalue weighted by Gasteiger charge is -2.32.